The molecule has 0 fully saturated rings. The van der Waals surface area contributed by atoms with Crippen LogP contribution in [0.2, 0.25) is 0 Å². The van der Waals surface area contributed by atoms with Crippen molar-refractivity contribution >= 4 is 12.0 Å². The molecule has 16 heavy (non-hydrogen) atoms. The van der Waals surface area contributed by atoms with Gasteiger partial charge in [-0.2, -0.15) is 0 Å². The molecule has 0 aliphatic heterocycles. The number of imidazole rings is 1. The lowest BCUT2D eigenvalue weighted by molar-refractivity contribution is -0.139. The van der Waals surface area contributed by atoms with Crippen LogP contribution in [-0.2, 0) is 11.2 Å². The van der Waals surface area contributed by atoms with Gasteiger partial charge in [0.25, 0.3) is 0 Å². The van der Waals surface area contributed by atoms with Gasteiger partial charge in [-0.1, -0.05) is 0 Å². The molecular weight excluding hydrogens is 212 g/mol. The molecule has 2 amide bonds. The maximum absolute atomic E-state index is 11.2. The summed E-state index contributed by atoms with van der Waals surface area (Å²) >= 11 is 0. The Hall–Kier alpha value is -2.05. The molecule has 7 nitrogen and oxygen atoms in total. The Morgan fingerprint density at radius 1 is 1.62 bits per heavy atom. The molecule has 0 bridgehead atoms. The topological polar surface area (TPSA) is 107 Å². The Kier molecular flexibility index (Phi) is 4.31. The van der Waals surface area contributed by atoms with Crippen LogP contribution < -0.4 is 10.6 Å². The van der Waals surface area contributed by atoms with E-state index in [2.05, 4.69) is 20.6 Å². The normalized spacial score (nSPS) is 11.8. The van der Waals surface area contributed by atoms with E-state index >= 15 is 0 Å². The van der Waals surface area contributed by atoms with Crippen molar-refractivity contribution in [2.45, 2.75) is 19.4 Å². The predicted molar refractivity (Wildman–Crippen MR) is 55.9 cm³/mol. The number of aromatic amines is 1. The number of nitrogens with zero attached hydrogens (tertiary/aromatic N) is 1. The van der Waals surface area contributed by atoms with Crippen molar-refractivity contribution < 1.29 is 14.7 Å². The van der Waals surface area contributed by atoms with E-state index < -0.39 is 18.0 Å². The zero-order valence-corrected chi connectivity index (χ0v) is 8.86. The molecule has 0 spiro atoms. The molecule has 1 rings (SSSR count). The zero-order valence-electron chi connectivity index (χ0n) is 8.86. The lowest BCUT2D eigenvalue weighted by atomic mass is 10.2. The van der Waals surface area contributed by atoms with Gasteiger partial charge in [-0.25, -0.2) is 14.6 Å². The molecule has 1 aromatic rings. The van der Waals surface area contributed by atoms with Crippen LogP contribution in [0.4, 0.5) is 4.79 Å². The van der Waals surface area contributed by atoms with Crippen molar-refractivity contribution in [1.29, 1.82) is 0 Å². The van der Waals surface area contributed by atoms with E-state index in [9.17, 15) is 9.59 Å². The summed E-state index contributed by atoms with van der Waals surface area (Å²) in [5, 5.41) is 13.7. The number of nitrogens with one attached hydrogen (secondary N) is 3. The minimum atomic E-state index is -1.08. The van der Waals surface area contributed by atoms with E-state index in [0.29, 0.717) is 12.2 Å². The maximum Gasteiger partial charge on any atom is 0.326 e. The number of aromatic nitrogens is 2. The molecule has 1 atom stereocenters. The van der Waals surface area contributed by atoms with Crippen LogP contribution in [0, 0.1) is 0 Å². The van der Waals surface area contributed by atoms with E-state index in [-0.39, 0.29) is 6.42 Å². The minimum Gasteiger partial charge on any atom is -0.480 e. The Bertz CT molecular complexity index is 350. The van der Waals surface area contributed by atoms with E-state index in [0.717, 1.165) is 0 Å². The number of hydrogen-bond donors (Lipinski definition) is 4. The molecule has 0 saturated heterocycles. The predicted octanol–water partition coefficient (Wildman–Crippen LogP) is -0.275. The molecule has 0 unspecified atom stereocenters. The Morgan fingerprint density at radius 2 is 2.38 bits per heavy atom. The number of H-pyrrole nitrogens is 1. The molecule has 88 valence electrons. The highest BCUT2D eigenvalue weighted by atomic mass is 16.4. The van der Waals surface area contributed by atoms with Crippen LogP contribution in [0.25, 0.3) is 0 Å². The highest BCUT2D eigenvalue weighted by Crippen LogP contribution is 1.98. The fourth-order valence-electron chi connectivity index (χ4n) is 1.19. The largest absolute Gasteiger partial charge is 0.480 e. The number of hydrogen-bond acceptors (Lipinski definition) is 3. The minimum absolute atomic E-state index is 0.173. The number of aliphatic carboxylic acids is 1. The van der Waals surface area contributed by atoms with Gasteiger partial charge in [0.05, 0.1) is 6.33 Å². The third kappa shape index (κ3) is 3.60. The first-order chi connectivity index (χ1) is 7.63. The summed E-state index contributed by atoms with van der Waals surface area (Å²) in [7, 11) is 0. The molecule has 0 radical (unpaired) electrons. The third-order valence-corrected chi connectivity index (χ3v) is 1.92. The quantitative estimate of drug-likeness (QED) is 0.554. The summed E-state index contributed by atoms with van der Waals surface area (Å²) < 4.78 is 0. The van der Waals surface area contributed by atoms with Gasteiger partial charge in [0.2, 0.25) is 0 Å². The van der Waals surface area contributed by atoms with Gasteiger partial charge in [-0.3, -0.25) is 0 Å². The van der Waals surface area contributed by atoms with Crippen LogP contribution in [0.5, 0.6) is 0 Å². The van der Waals surface area contributed by atoms with Gasteiger partial charge in [-0.05, 0) is 6.92 Å². The van der Waals surface area contributed by atoms with E-state index in [4.69, 9.17) is 5.11 Å². The van der Waals surface area contributed by atoms with Gasteiger partial charge in [-0.15, -0.1) is 0 Å². The second-order valence-corrected chi connectivity index (χ2v) is 3.18. The second kappa shape index (κ2) is 5.74. The first-order valence-corrected chi connectivity index (χ1v) is 4.88. The number of carboxylic acids is 1. The average Bonchev–Trinajstić information content (AvgIpc) is 2.69. The maximum atomic E-state index is 11.2. The summed E-state index contributed by atoms with van der Waals surface area (Å²) in [6, 6.07) is -1.46. The standard InChI is InChI=1S/C9H14N4O3/c1-2-11-9(16)13-7(8(14)15)3-6-4-10-5-12-6/h4-5,7H,2-3H2,1H3,(H,10,12)(H,14,15)(H2,11,13,16)/t7-/m0/s1. The van der Waals surface area contributed by atoms with Crippen LogP contribution in [0.3, 0.4) is 0 Å². The molecular formula is C9H14N4O3. The Morgan fingerprint density at radius 3 is 2.88 bits per heavy atom. The van der Waals surface area contributed by atoms with E-state index in [1.165, 1.54) is 12.5 Å². The van der Waals surface area contributed by atoms with Gasteiger partial charge >= 0.3 is 12.0 Å². The molecule has 0 aromatic carbocycles. The van der Waals surface area contributed by atoms with Crippen molar-refractivity contribution in [2.24, 2.45) is 0 Å². The number of carbonyl (C=O) groups is 2. The number of carbonyl (C=O) groups excluding carboxylic acids is 1. The van der Waals surface area contributed by atoms with Crippen LogP contribution in [-0.4, -0.2) is 39.7 Å². The lowest BCUT2D eigenvalue weighted by Crippen LogP contribution is -2.47. The molecule has 0 aliphatic carbocycles. The zero-order chi connectivity index (χ0) is 12.0. The molecule has 1 heterocycles. The second-order valence-electron chi connectivity index (χ2n) is 3.18. The Labute approximate surface area is 92.3 Å². The van der Waals surface area contributed by atoms with E-state index in [1.54, 1.807) is 6.92 Å². The van der Waals surface area contributed by atoms with Crippen molar-refractivity contribution in [1.82, 2.24) is 20.6 Å². The van der Waals surface area contributed by atoms with Crippen molar-refractivity contribution in [3.05, 3.63) is 18.2 Å². The first kappa shape index (κ1) is 12.0. The summed E-state index contributed by atoms with van der Waals surface area (Å²) in [4.78, 5) is 28.6. The molecule has 7 heteroatoms. The highest BCUT2D eigenvalue weighted by Gasteiger charge is 2.20. The molecule has 4 N–H and O–H groups in total. The lowest BCUT2D eigenvalue weighted by Gasteiger charge is -2.13. The van der Waals surface area contributed by atoms with Crippen molar-refractivity contribution in [3.8, 4) is 0 Å². The van der Waals surface area contributed by atoms with Gasteiger partial charge in [0.15, 0.2) is 0 Å². The van der Waals surface area contributed by atoms with Gasteiger partial charge in [0, 0.05) is 24.9 Å². The highest BCUT2D eigenvalue weighted by molar-refractivity contribution is 5.82. The number of carboxylic acid groups (broad SMARTS) is 1. The molecule has 1 aromatic heterocycles. The average molecular weight is 226 g/mol. The number of rotatable bonds is 5. The van der Waals surface area contributed by atoms with Crippen molar-refractivity contribution in [3.63, 3.8) is 0 Å². The summed E-state index contributed by atoms with van der Waals surface area (Å²) in [6.07, 6.45) is 3.15. The summed E-state index contributed by atoms with van der Waals surface area (Å²) in [5.41, 5.74) is 0.657. The fraction of sp³-hybridized carbons (Fsp3) is 0.444. The van der Waals surface area contributed by atoms with Gasteiger partial charge in [0.1, 0.15) is 6.04 Å². The van der Waals surface area contributed by atoms with Crippen LogP contribution in [0.1, 0.15) is 12.6 Å². The first-order valence-electron chi connectivity index (χ1n) is 4.88. The third-order valence-electron chi connectivity index (χ3n) is 1.92. The summed E-state index contributed by atoms with van der Waals surface area (Å²) in [6.45, 7) is 2.20. The summed E-state index contributed by atoms with van der Waals surface area (Å²) in [5.74, 6) is -1.08. The smallest absolute Gasteiger partial charge is 0.326 e. The number of amides is 2. The monoisotopic (exact) mass is 226 g/mol. The van der Waals surface area contributed by atoms with Crippen LogP contribution in [0.15, 0.2) is 12.5 Å². The number of urea groups is 1. The Balaban J connectivity index is 2.54. The SMILES string of the molecule is CCNC(=O)N[C@@H](Cc1cnc[nH]1)C(=O)O. The van der Waals surface area contributed by atoms with Gasteiger partial charge < -0.3 is 20.7 Å². The van der Waals surface area contributed by atoms with Crippen molar-refractivity contribution in [2.75, 3.05) is 6.54 Å². The van der Waals surface area contributed by atoms with E-state index in [1.807, 2.05) is 0 Å². The molecule has 0 aliphatic rings. The molecule has 0 saturated carbocycles. The van der Waals surface area contributed by atoms with Crippen LogP contribution >= 0.6 is 0 Å². The fourth-order valence-corrected chi connectivity index (χ4v) is 1.19.